The number of benzene rings is 2. The smallest absolute Gasteiger partial charge is 0.0713 e. The minimum absolute atomic E-state index is 0.116. The van der Waals surface area contributed by atoms with Crippen molar-refractivity contribution in [1.29, 1.82) is 0 Å². The maximum Gasteiger partial charge on any atom is 0.0713 e. The molecule has 1 unspecified atom stereocenters. The zero-order valence-electron chi connectivity index (χ0n) is 11.7. The summed E-state index contributed by atoms with van der Waals surface area (Å²) in [6.07, 6.45) is 1.79. The number of hydrogen-bond acceptors (Lipinski definition) is 3. The Kier molecular flexibility index (Phi) is 3.88. The Labute approximate surface area is 128 Å². The highest BCUT2D eigenvalue weighted by Crippen LogP contribution is 2.29. The number of hydrazine groups is 1. The molecule has 0 spiro atoms. The summed E-state index contributed by atoms with van der Waals surface area (Å²) in [4.78, 5) is 4.40. The summed E-state index contributed by atoms with van der Waals surface area (Å²) in [5, 5.41) is 1.85. The van der Waals surface area contributed by atoms with E-state index in [-0.39, 0.29) is 6.04 Å². The lowest BCUT2D eigenvalue weighted by atomic mass is 9.94. The topological polar surface area (TPSA) is 50.9 Å². The van der Waals surface area contributed by atoms with E-state index in [4.69, 9.17) is 17.4 Å². The normalized spacial score (nSPS) is 12.5. The van der Waals surface area contributed by atoms with Crippen LogP contribution in [0.25, 0.3) is 10.9 Å². The van der Waals surface area contributed by atoms with Crippen LogP contribution < -0.4 is 11.3 Å². The summed E-state index contributed by atoms with van der Waals surface area (Å²) in [5.74, 6) is 5.79. The van der Waals surface area contributed by atoms with Gasteiger partial charge >= 0.3 is 0 Å². The molecule has 1 aromatic heterocycles. The molecule has 0 fully saturated rings. The highest BCUT2D eigenvalue weighted by atomic mass is 35.5. The predicted molar refractivity (Wildman–Crippen MR) is 87.1 cm³/mol. The van der Waals surface area contributed by atoms with E-state index in [0.717, 1.165) is 32.6 Å². The fourth-order valence-electron chi connectivity index (χ4n) is 2.57. The van der Waals surface area contributed by atoms with Gasteiger partial charge in [0.05, 0.1) is 11.6 Å². The number of halogens is 1. The van der Waals surface area contributed by atoms with Gasteiger partial charge < -0.3 is 0 Å². The Morgan fingerprint density at radius 3 is 2.81 bits per heavy atom. The molecule has 0 radical (unpaired) electrons. The number of hydrogen-bond donors (Lipinski definition) is 2. The molecule has 1 heterocycles. The molecule has 3 nitrogen and oxygen atoms in total. The number of fused-ring (bicyclic) bond motifs is 1. The van der Waals surface area contributed by atoms with Crippen LogP contribution in [-0.2, 0) is 0 Å². The second-order valence-corrected chi connectivity index (χ2v) is 5.42. The van der Waals surface area contributed by atoms with Crippen molar-refractivity contribution < 1.29 is 0 Å². The number of nitrogens with two attached hydrogens (primary N) is 1. The van der Waals surface area contributed by atoms with Crippen molar-refractivity contribution in [3.05, 3.63) is 76.4 Å². The Morgan fingerprint density at radius 2 is 2.00 bits per heavy atom. The molecule has 0 aliphatic carbocycles. The van der Waals surface area contributed by atoms with Gasteiger partial charge in [0.2, 0.25) is 0 Å². The first-order valence-electron chi connectivity index (χ1n) is 6.76. The molecule has 0 bridgehead atoms. The molecule has 4 heteroatoms. The van der Waals surface area contributed by atoms with E-state index in [1.807, 2.05) is 37.3 Å². The van der Waals surface area contributed by atoms with Gasteiger partial charge in [-0.25, -0.2) is 5.43 Å². The molecule has 3 N–H and O–H groups in total. The van der Waals surface area contributed by atoms with Crippen LogP contribution in [-0.4, -0.2) is 4.98 Å². The van der Waals surface area contributed by atoms with E-state index in [0.29, 0.717) is 0 Å². The zero-order valence-corrected chi connectivity index (χ0v) is 12.4. The van der Waals surface area contributed by atoms with Gasteiger partial charge in [-0.15, -0.1) is 0 Å². The second-order valence-electron chi connectivity index (χ2n) is 5.01. The van der Waals surface area contributed by atoms with Gasteiger partial charge in [0.1, 0.15) is 0 Å². The summed E-state index contributed by atoms with van der Waals surface area (Å²) >= 11 is 6.22. The van der Waals surface area contributed by atoms with Crippen LogP contribution in [0.5, 0.6) is 0 Å². The second kappa shape index (κ2) is 5.82. The summed E-state index contributed by atoms with van der Waals surface area (Å²) in [6.45, 7) is 2.00. The first kappa shape index (κ1) is 14.0. The first-order chi connectivity index (χ1) is 10.2. The van der Waals surface area contributed by atoms with Gasteiger partial charge in [0.25, 0.3) is 0 Å². The summed E-state index contributed by atoms with van der Waals surface area (Å²) < 4.78 is 0. The van der Waals surface area contributed by atoms with Crippen LogP contribution in [0, 0.1) is 6.92 Å². The van der Waals surface area contributed by atoms with Crippen molar-refractivity contribution in [2.45, 2.75) is 13.0 Å². The molecule has 2 aromatic carbocycles. The standard InChI is InChI=1S/C17H16ClN3/c1-11-14(5-2-6-15(11)18)17(21-19)13-8-7-12-4-3-9-20-16(12)10-13/h2-10,17,21H,19H2,1H3. The van der Waals surface area contributed by atoms with E-state index in [9.17, 15) is 0 Å². The fourth-order valence-corrected chi connectivity index (χ4v) is 2.75. The van der Waals surface area contributed by atoms with Crippen LogP contribution >= 0.6 is 11.6 Å². The zero-order chi connectivity index (χ0) is 14.8. The number of nitrogens with one attached hydrogen (secondary N) is 1. The van der Waals surface area contributed by atoms with Gasteiger partial charge in [-0.2, -0.15) is 0 Å². The van der Waals surface area contributed by atoms with Gasteiger partial charge in [0.15, 0.2) is 0 Å². The van der Waals surface area contributed by atoms with Gasteiger partial charge in [-0.3, -0.25) is 10.8 Å². The van der Waals surface area contributed by atoms with E-state index < -0.39 is 0 Å². The van der Waals surface area contributed by atoms with Gasteiger partial charge in [-0.05, 0) is 41.8 Å². The number of rotatable bonds is 3. The number of nitrogens with zero attached hydrogens (tertiary/aromatic N) is 1. The molecular weight excluding hydrogens is 282 g/mol. The minimum Gasteiger partial charge on any atom is -0.271 e. The Morgan fingerprint density at radius 1 is 1.14 bits per heavy atom. The lowest BCUT2D eigenvalue weighted by molar-refractivity contribution is 0.634. The molecule has 21 heavy (non-hydrogen) atoms. The predicted octanol–water partition coefficient (Wildman–Crippen LogP) is 3.75. The van der Waals surface area contributed by atoms with Crippen molar-refractivity contribution in [2.75, 3.05) is 0 Å². The largest absolute Gasteiger partial charge is 0.271 e. The molecule has 0 aliphatic heterocycles. The summed E-state index contributed by atoms with van der Waals surface area (Å²) in [7, 11) is 0. The molecular formula is C17H16ClN3. The van der Waals surface area contributed by atoms with E-state index in [1.54, 1.807) is 6.20 Å². The molecule has 3 aromatic rings. The highest BCUT2D eigenvalue weighted by Gasteiger charge is 2.16. The highest BCUT2D eigenvalue weighted by molar-refractivity contribution is 6.31. The van der Waals surface area contributed by atoms with Crippen molar-refractivity contribution in [1.82, 2.24) is 10.4 Å². The van der Waals surface area contributed by atoms with Crippen LogP contribution in [0.15, 0.2) is 54.7 Å². The Bertz CT molecular complexity index is 786. The van der Waals surface area contributed by atoms with Crippen LogP contribution in [0.4, 0.5) is 0 Å². The lowest BCUT2D eigenvalue weighted by Crippen LogP contribution is -2.29. The van der Waals surface area contributed by atoms with Gasteiger partial charge in [-0.1, -0.05) is 41.9 Å². The maximum atomic E-state index is 6.22. The lowest BCUT2D eigenvalue weighted by Gasteiger charge is -2.20. The van der Waals surface area contributed by atoms with Crippen molar-refractivity contribution in [3.8, 4) is 0 Å². The first-order valence-corrected chi connectivity index (χ1v) is 7.14. The molecule has 3 rings (SSSR count). The third-order valence-electron chi connectivity index (χ3n) is 3.75. The van der Waals surface area contributed by atoms with Crippen LogP contribution in [0.1, 0.15) is 22.7 Å². The SMILES string of the molecule is Cc1c(Cl)cccc1C(NN)c1ccc2cccnc2c1. The molecule has 1 atom stereocenters. The monoisotopic (exact) mass is 297 g/mol. The van der Waals surface area contributed by atoms with Crippen molar-refractivity contribution in [3.63, 3.8) is 0 Å². The molecule has 106 valence electrons. The van der Waals surface area contributed by atoms with E-state index in [1.165, 1.54) is 0 Å². The van der Waals surface area contributed by atoms with Crippen molar-refractivity contribution >= 4 is 22.5 Å². The van der Waals surface area contributed by atoms with E-state index >= 15 is 0 Å². The third-order valence-corrected chi connectivity index (χ3v) is 4.16. The molecule has 0 saturated carbocycles. The summed E-state index contributed by atoms with van der Waals surface area (Å²) in [6, 6.07) is 15.9. The Balaban J connectivity index is 2.11. The van der Waals surface area contributed by atoms with Crippen LogP contribution in [0.3, 0.4) is 0 Å². The number of pyridine rings is 1. The summed E-state index contributed by atoms with van der Waals surface area (Å²) in [5.41, 5.74) is 7.00. The quantitative estimate of drug-likeness (QED) is 0.572. The minimum atomic E-state index is -0.116. The average Bonchev–Trinajstić information content (AvgIpc) is 2.52. The molecule has 0 aliphatic rings. The Hall–Kier alpha value is -1.94. The number of aromatic nitrogens is 1. The fraction of sp³-hybridized carbons (Fsp3) is 0.118. The van der Waals surface area contributed by atoms with Crippen LogP contribution in [0.2, 0.25) is 5.02 Å². The molecule has 0 amide bonds. The van der Waals surface area contributed by atoms with Crippen molar-refractivity contribution in [2.24, 2.45) is 5.84 Å². The average molecular weight is 298 g/mol. The van der Waals surface area contributed by atoms with Gasteiger partial charge in [0, 0.05) is 16.6 Å². The third kappa shape index (κ3) is 2.63. The van der Waals surface area contributed by atoms with E-state index in [2.05, 4.69) is 28.6 Å². The molecule has 0 saturated heterocycles. The maximum absolute atomic E-state index is 6.22.